The van der Waals surface area contributed by atoms with Gasteiger partial charge in [0.2, 0.25) is 5.91 Å². The van der Waals surface area contributed by atoms with Crippen LogP contribution < -0.4 is 9.64 Å². The van der Waals surface area contributed by atoms with Gasteiger partial charge in [0.15, 0.2) is 5.16 Å². The average molecular weight is 379 g/mol. The number of carbonyl (C=O) groups excluding carboxylic acids is 1. The van der Waals surface area contributed by atoms with Gasteiger partial charge in [-0.1, -0.05) is 30.0 Å². The van der Waals surface area contributed by atoms with E-state index >= 15 is 0 Å². The highest BCUT2D eigenvalue weighted by molar-refractivity contribution is 7.99. The summed E-state index contributed by atoms with van der Waals surface area (Å²) in [6.45, 7) is 3.37. The van der Waals surface area contributed by atoms with Crippen LogP contribution >= 0.6 is 11.8 Å². The molecular formula is C21H21N3O2S. The van der Waals surface area contributed by atoms with Crippen LogP contribution in [0.25, 0.3) is 5.69 Å². The SMILES string of the molecule is CCOc1ccc(-n2ccnc2SCC(=O)N2CCc3ccccc32)cc1. The minimum Gasteiger partial charge on any atom is -0.494 e. The number of hydrogen-bond acceptors (Lipinski definition) is 4. The molecule has 0 radical (unpaired) electrons. The van der Waals surface area contributed by atoms with Crippen LogP contribution in [-0.2, 0) is 11.2 Å². The van der Waals surface area contributed by atoms with E-state index in [-0.39, 0.29) is 5.91 Å². The minimum atomic E-state index is 0.117. The van der Waals surface area contributed by atoms with Gasteiger partial charge in [-0.05, 0) is 49.2 Å². The summed E-state index contributed by atoms with van der Waals surface area (Å²) in [7, 11) is 0. The van der Waals surface area contributed by atoms with Gasteiger partial charge in [0.25, 0.3) is 0 Å². The van der Waals surface area contributed by atoms with Crippen LogP contribution in [0.15, 0.2) is 66.1 Å². The molecule has 0 saturated heterocycles. The third-order valence-corrected chi connectivity index (χ3v) is 5.50. The van der Waals surface area contributed by atoms with E-state index in [9.17, 15) is 4.79 Å². The fourth-order valence-corrected chi connectivity index (χ4v) is 4.11. The summed E-state index contributed by atoms with van der Waals surface area (Å²) in [5.41, 5.74) is 3.28. The average Bonchev–Trinajstić information content (AvgIpc) is 3.34. The second kappa shape index (κ2) is 7.88. The van der Waals surface area contributed by atoms with Crippen molar-refractivity contribution in [1.82, 2.24) is 9.55 Å². The molecule has 0 bridgehead atoms. The Labute approximate surface area is 163 Å². The molecule has 0 unspecified atom stereocenters. The Hall–Kier alpha value is -2.73. The van der Waals surface area contributed by atoms with Crippen molar-refractivity contribution in [3.8, 4) is 11.4 Å². The van der Waals surface area contributed by atoms with E-state index in [2.05, 4.69) is 11.1 Å². The van der Waals surface area contributed by atoms with E-state index in [1.165, 1.54) is 17.3 Å². The monoisotopic (exact) mass is 379 g/mol. The number of hydrogen-bond donors (Lipinski definition) is 0. The lowest BCUT2D eigenvalue weighted by molar-refractivity contribution is -0.116. The smallest absolute Gasteiger partial charge is 0.237 e. The number of imidazole rings is 1. The van der Waals surface area contributed by atoms with Crippen LogP contribution in [0.2, 0.25) is 0 Å². The third-order valence-electron chi connectivity index (χ3n) is 4.55. The van der Waals surface area contributed by atoms with E-state index in [1.54, 1.807) is 6.20 Å². The largest absolute Gasteiger partial charge is 0.494 e. The van der Waals surface area contributed by atoms with Crippen LogP contribution in [0, 0.1) is 0 Å². The lowest BCUT2D eigenvalue weighted by atomic mass is 10.2. The van der Waals surface area contributed by atoms with Crippen LogP contribution in [-0.4, -0.2) is 34.4 Å². The zero-order valence-corrected chi connectivity index (χ0v) is 16.0. The molecule has 1 aliphatic rings. The van der Waals surface area contributed by atoms with Gasteiger partial charge in [0, 0.05) is 30.3 Å². The lowest BCUT2D eigenvalue weighted by Gasteiger charge is -2.17. The van der Waals surface area contributed by atoms with Gasteiger partial charge in [0.1, 0.15) is 5.75 Å². The number of para-hydroxylation sites is 1. The fraction of sp³-hybridized carbons (Fsp3) is 0.238. The topological polar surface area (TPSA) is 47.4 Å². The number of rotatable bonds is 6. The molecule has 3 aromatic rings. The molecule has 5 nitrogen and oxygen atoms in total. The first-order valence-corrected chi connectivity index (χ1v) is 10.0. The summed E-state index contributed by atoms with van der Waals surface area (Å²) in [5.74, 6) is 1.33. The zero-order chi connectivity index (χ0) is 18.6. The van der Waals surface area contributed by atoms with Gasteiger partial charge in [-0.2, -0.15) is 0 Å². The minimum absolute atomic E-state index is 0.117. The van der Waals surface area contributed by atoms with E-state index in [0.717, 1.165) is 35.2 Å². The molecule has 0 atom stereocenters. The number of amides is 1. The predicted octanol–water partition coefficient (Wildman–Crippen LogP) is 3.95. The Morgan fingerprint density at radius 1 is 1.19 bits per heavy atom. The highest BCUT2D eigenvalue weighted by atomic mass is 32.2. The van der Waals surface area contributed by atoms with Crippen LogP contribution in [0.4, 0.5) is 5.69 Å². The molecule has 0 N–H and O–H groups in total. The maximum atomic E-state index is 12.7. The molecule has 1 aliphatic heterocycles. The quantitative estimate of drug-likeness (QED) is 0.609. The molecule has 2 heterocycles. The summed E-state index contributed by atoms with van der Waals surface area (Å²) < 4.78 is 7.48. The number of aromatic nitrogens is 2. The molecule has 4 rings (SSSR count). The first-order valence-electron chi connectivity index (χ1n) is 9.04. The maximum Gasteiger partial charge on any atom is 0.237 e. The van der Waals surface area contributed by atoms with Gasteiger partial charge in [-0.3, -0.25) is 9.36 Å². The third kappa shape index (κ3) is 3.71. The van der Waals surface area contributed by atoms with Crippen molar-refractivity contribution in [1.29, 1.82) is 0 Å². The number of ether oxygens (including phenoxy) is 1. The second-order valence-electron chi connectivity index (χ2n) is 6.22. The first-order chi connectivity index (χ1) is 13.3. The van der Waals surface area contributed by atoms with Gasteiger partial charge in [0.05, 0.1) is 12.4 Å². The molecule has 0 saturated carbocycles. The van der Waals surface area contributed by atoms with Crippen molar-refractivity contribution in [3.63, 3.8) is 0 Å². The van der Waals surface area contributed by atoms with Gasteiger partial charge >= 0.3 is 0 Å². The Kier molecular flexibility index (Phi) is 5.16. The number of carbonyl (C=O) groups is 1. The molecule has 0 fully saturated rings. The highest BCUT2D eigenvalue weighted by Gasteiger charge is 2.24. The Bertz CT molecular complexity index is 937. The predicted molar refractivity (Wildman–Crippen MR) is 108 cm³/mol. The van der Waals surface area contributed by atoms with Crippen molar-refractivity contribution in [2.45, 2.75) is 18.5 Å². The molecule has 6 heteroatoms. The van der Waals surface area contributed by atoms with Crippen LogP contribution in [0.3, 0.4) is 0 Å². The second-order valence-corrected chi connectivity index (χ2v) is 7.16. The van der Waals surface area contributed by atoms with Crippen LogP contribution in [0.5, 0.6) is 5.75 Å². The molecule has 0 aliphatic carbocycles. The maximum absolute atomic E-state index is 12.7. The van der Waals surface area contributed by atoms with Crippen molar-refractivity contribution in [2.24, 2.45) is 0 Å². The molecule has 1 amide bonds. The van der Waals surface area contributed by atoms with Gasteiger partial charge in [-0.15, -0.1) is 0 Å². The standard InChI is InChI=1S/C21H21N3O2S/c1-2-26-18-9-7-17(8-10-18)23-14-12-22-21(23)27-15-20(25)24-13-11-16-5-3-4-6-19(16)24/h3-10,12,14H,2,11,13,15H2,1H3. The van der Waals surface area contributed by atoms with Crippen molar-refractivity contribution >= 4 is 23.4 Å². The number of fused-ring (bicyclic) bond motifs is 1. The summed E-state index contributed by atoms with van der Waals surface area (Å²) >= 11 is 1.46. The van der Waals surface area contributed by atoms with E-state index < -0.39 is 0 Å². The highest BCUT2D eigenvalue weighted by Crippen LogP contribution is 2.29. The normalized spacial score (nSPS) is 12.9. The first kappa shape index (κ1) is 17.7. The molecule has 1 aromatic heterocycles. The van der Waals surface area contributed by atoms with Crippen LogP contribution in [0.1, 0.15) is 12.5 Å². The molecule has 138 valence electrons. The summed E-state index contributed by atoms with van der Waals surface area (Å²) in [6.07, 6.45) is 4.59. The Morgan fingerprint density at radius 2 is 2.00 bits per heavy atom. The van der Waals surface area contributed by atoms with E-state index in [0.29, 0.717) is 12.4 Å². The Balaban J connectivity index is 1.44. The Morgan fingerprint density at radius 3 is 2.81 bits per heavy atom. The zero-order valence-electron chi connectivity index (χ0n) is 15.2. The molecule has 27 heavy (non-hydrogen) atoms. The number of thioether (sulfide) groups is 1. The lowest BCUT2D eigenvalue weighted by Crippen LogP contribution is -2.30. The van der Waals surface area contributed by atoms with Gasteiger partial charge in [-0.25, -0.2) is 4.98 Å². The van der Waals surface area contributed by atoms with Gasteiger partial charge < -0.3 is 9.64 Å². The number of anilines is 1. The fourth-order valence-electron chi connectivity index (χ4n) is 3.26. The summed E-state index contributed by atoms with van der Waals surface area (Å²) in [4.78, 5) is 19.0. The molecule has 2 aromatic carbocycles. The molecule has 0 spiro atoms. The summed E-state index contributed by atoms with van der Waals surface area (Å²) in [5, 5.41) is 0.806. The molecular weight excluding hydrogens is 358 g/mol. The van der Waals surface area contributed by atoms with Crippen molar-refractivity contribution in [3.05, 3.63) is 66.5 Å². The van der Waals surface area contributed by atoms with Crippen molar-refractivity contribution in [2.75, 3.05) is 23.8 Å². The van der Waals surface area contributed by atoms with E-state index in [4.69, 9.17) is 4.74 Å². The summed E-state index contributed by atoms with van der Waals surface area (Å²) in [6, 6.07) is 16.0. The number of nitrogens with zero attached hydrogens (tertiary/aromatic N) is 3. The van der Waals surface area contributed by atoms with Crippen molar-refractivity contribution < 1.29 is 9.53 Å². The number of benzene rings is 2. The van der Waals surface area contributed by atoms with E-state index in [1.807, 2.05) is 65.1 Å².